The van der Waals surface area contributed by atoms with Crippen LogP contribution >= 0.6 is 0 Å². The van der Waals surface area contributed by atoms with Gasteiger partial charge in [0.2, 0.25) is 0 Å². The number of aliphatic hydroxyl groups excluding tert-OH is 1. The van der Waals surface area contributed by atoms with Gasteiger partial charge in [0.15, 0.2) is 0 Å². The molecule has 0 radical (unpaired) electrons. The Balaban J connectivity index is 2.48. The van der Waals surface area contributed by atoms with Gasteiger partial charge in [0.1, 0.15) is 0 Å². The molecule has 1 heterocycles. The number of likely N-dealkylation sites (N-methyl/N-ethyl adjacent to an activating group) is 1. The monoisotopic (exact) mass is 272 g/mol. The number of hydrogen-bond acceptors (Lipinski definition) is 3. The topological polar surface area (TPSA) is 36.4 Å². The summed E-state index contributed by atoms with van der Waals surface area (Å²) in [6.45, 7) is 10.3. The van der Waals surface area contributed by atoms with E-state index in [9.17, 15) is 5.11 Å². The number of rotatable bonds is 5. The van der Waals surface area contributed by atoms with Crippen molar-refractivity contribution in [2.24, 2.45) is 0 Å². The standard InChI is InChI=1S/C17H24N2O/c1-5-19(6-2)17(3,4)16(20)15-12-18-11-13-9-7-8-10-14(13)15/h7-12,16,20H,5-6H2,1-4H3. The minimum Gasteiger partial charge on any atom is -0.386 e. The molecule has 0 bridgehead atoms. The number of fused-ring (bicyclic) bond motifs is 1. The molecule has 0 aliphatic carbocycles. The summed E-state index contributed by atoms with van der Waals surface area (Å²) < 4.78 is 0. The second-order valence-corrected chi connectivity index (χ2v) is 5.68. The van der Waals surface area contributed by atoms with Crippen molar-refractivity contribution < 1.29 is 5.11 Å². The number of aliphatic hydroxyl groups is 1. The van der Waals surface area contributed by atoms with Crippen molar-refractivity contribution in [1.29, 1.82) is 0 Å². The molecule has 1 unspecified atom stereocenters. The summed E-state index contributed by atoms with van der Waals surface area (Å²) in [5.74, 6) is 0. The molecule has 1 N–H and O–H groups in total. The van der Waals surface area contributed by atoms with Crippen LogP contribution in [-0.4, -0.2) is 33.6 Å². The maximum absolute atomic E-state index is 10.9. The van der Waals surface area contributed by atoms with Gasteiger partial charge in [-0.1, -0.05) is 38.1 Å². The Morgan fingerprint density at radius 1 is 1.15 bits per heavy atom. The Morgan fingerprint density at radius 3 is 2.45 bits per heavy atom. The van der Waals surface area contributed by atoms with Crippen molar-refractivity contribution in [2.75, 3.05) is 13.1 Å². The molecule has 1 atom stereocenters. The van der Waals surface area contributed by atoms with Crippen LogP contribution in [0.15, 0.2) is 36.7 Å². The fourth-order valence-electron chi connectivity index (χ4n) is 2.95. The molecular formula is C17H24N2O. The van der Waals surface area contributed by atoms with Crippen LogP contribution in [0.4, 0.5) is 0 Å². The summed E-state index contributed by atoms with van der Waals surface area (Å²) in [5, 5.41) is 13.0. The first-order chi connectivity index (χ1) is 9.52. The molecule has 0 spiro atoms. The summed E-state index contributed by atoms with van der Waals surface area (Å²) in [7, 11) is 0. The quantitative estimate of drug-likeness (QED) is 0.906. The second-order valence-electron chi connectivity index (χ2n) is 5.68. The van der Waals surface area contributed by atoms with Gasteiger partial charge in [-0.15, -0.1) is 0 Å². The summed E-state index contributed by atoms with van der Waals surface area (Å²) in [6, 6.07) is 8.08. The molecular weight excluding hydrogens is 248 g/mol. The van der Waals surface area contributed by atoms with Gasteiger partial charge in [0.25, 0.3) is 0 Å². The first kappa shape index (κ1) is 14.9. The van der Waals surface area contributed by atoms with Crippen LogP contribution in [0.5, 0.6) is 0 Å². The highest BCUT2D eigenvalue weighted by Gasteiger charge is 2.34. The van der Waals surface area contributed by atoms with Crippen molar-refractivity contribution in [3.8, 4) is 0 Å². The van der Waals surface area contributed by atoms with Gasteiger partial charge in [-0.25, -0.2) is 0 Å². The molecule has 2 aromatic rings. The Morgan fingerprint density at radius 2 is 1.80 bits per heavy atom. The maximum atomic E-state index is 10.9. The van der Waals surface area contributed by atoms with Crippen LogP contribution in [0.1, 0.15) is 39.4 Å². The van der Waals surface area contributed by atoms with Gasteiger partial charge in [0, 0.05) is 28.9 Å². The molecule has 1 aromatic carbocycles. The van der Waals surface area contributed by atoms with Crippen LogP contribution < -0.4 is 0 Å². The molecule has 0 aliphatic rings. The summed E-state index contributed by atoms with van der Waals surface area (Å²) >= 11 is 0. The van der Waals surface area contributed by atoms with Gasteiger partial charge in [-0.05, 0) is 32.3 Å². The Hall–Kier alpha value is -1.45. The number of hydrogen-bond donors (Lipinski definition) is 1. The second kappa shape index (κ2) is 5.90. The Bertz CT molecular complexity index is 571. The highest BCUT2D eigenvalue weighted by molar-refractivity contribution is 5.85. The average Bonchev–Trinajstić information content (AvgIpc) is 2.47. The average molecular weight is 272 g/mol. The fraction of sp³-hybridized carbons (Fsp3) is 0.471. The number of nitrogens with zero attached hydrogens (tertiary/aromatic N) is 2. The van der Waals surface area contributed by atoms with Crippen LogP contribution in [0.3, 0.4) is 0 Å². The lowest BCUT2D eigenvalue weighted by atomic mass is 9.88. The molecule has 0 fully saturated rings. The first-order valence-electron chi connectivity index (χ1n) is 7.28. The third-order valence-corrected chi connectivity index (χ3v) is 4.24. The van der Waals surface area contributed by atoms with Crippen LogP contribution in [0.25, 0.3) is 10.8 Å². The SMILES string of the molecule is CCN(CC)C(C)(C)C(O)c1cncc2ccccc12. The van der Waals surface area contributed by atoms with Crippen LogP contribution in [0, 0.1) is 0 Å². The maximum Gasteiger partial charge on any atom is 0.0989 e. The molecule has 3 heteroatoms. The summed E-state index contributed by atoms with van der Waals surface area (Å²) in [6.07, 6.45) is 3.06. The van der Waals surface area contributed by atoms with E-state index in [0.29, 0.717) is 0 Å². The molecule has 0 amide bonds. The molecule has 0 saturated heterocycles. The zero-order valence-corrected chi connectivity index (χ0v) is 12.8. The predicted octanol–water partition coefficient (Wildman–Crippen LogP) is 3.39. The third-order valence-electron chi connectivity index (χ3n) is 4.24. The van der Waals surface area contributed by atoms with E-state index in [2.05, 4.69) is 37.6 Å². The van der Waals surface area contributed by atoms with E-state index < -0.39 is 6.10 Å². The third kappa shape index (κ3) is 2.56. The van der Waals surface area contributed by atoms with E-state index in [1.807, 2.05) is 30.5 Å². The number of benzene rings is 1. The van der Waals surface area contributed by atoms with Crippen molar-refractivity contribution >= 4 is 10.8 Å². The Labute approximate surface area is 121 Å². The molecule has 108 valence electrons. The summed E-state index contributed by atoms with van der Waals surface area (Å²) in [5.41, 5.74) is 0.579. The molecule has 2 rings (SSSR count). The van der Waals surface area contributed by atoms with Gasteiger partial charge in [0.05, 0.1) is 6.10 Å². The zero-order chi connectivity index (χ0) is 14.8. The fourth-order valence-corrected chi connectivity index (χ4v) is 2.95. The largest absolute Gasteiger partial charge is 0.386 e. The summed E-state index contributed by atoms with van der Waals surface area (Å²) in [4.78, 5) is 6.56. The normalized spacial score (nSPS) is 13.9. The van der Waals surface area contributed by atoms with Crippen molar-refractivity contribution in [1.82, 2.24) is 9.88 Å². The van der Waals surface area contributed by atoms with Crippen LogP contribution in [0.2, 0.25) is 0 Å². The van der Waals surface area contributed by atoms with Gasteiger partial charge in [-0.3, -0.25) is 9.88 Å². The lowest BCUT2D eigenvalue weighted by Gasteiger charge is -2.41. The van der Waals surface area contributed by atoms with Gasteiger partial charge < -0.3 is 5.11 Å². The molecule has 3 nitrogen and oxygen atoms in total. The van der Waals surface area contributed by atoms with Crippen molar-refractivity contribution in [3.63, 3.8) is 0 Å². The minimum absolute atomic E-state index is 0.324. The van der Waals surface area contributed by atoms with Gasteiger partial charge >= 0.3 is 0 Å². The number of pyridine rings is 1. The smallest absolute Gasteiger partial charge is 0.0989 e. The minimum atomic E-state index is -0.569. The highest BCUT2D eigenvalue weighted by Crippen LogP contribution is 2.34. The van der Waals surface area contributed by atoms with E-state index in [4.69, 9.17) is 0 Å². The van der Waals surface area contributed by atoms with E-state index >= 15 is 0 Å². The first-order valence-corrected chi connectivity index (χ1v) is 7.28. The van der Waals surface area contributed by atoms with E-state index in [0.717, 1.165) is 29.4 Å². The van der Waals surface area contributed by atoms with Crippen molar-refractivity contribution in [3.05, 3.63) is 42.2 Å². The van der Waals surface area contributed by atoms with E-state index in [-0.39, 0.29) is 5.54 Å². The van der Waals surface area contributed by atoms with E-state index in [1.165, 1.54) is 0 Å². The lowest BCUT2D eigenvalue weighted by Crippen LogP contribution is -2.48. The molecule has 1 aromatic heterocycles. The predicted molar refractivity (Wildman–Crippen MR) is 83.7 cm³/mol. The van der Waals surface area contributed by atoms with Gasteiger partial charge in [-0.2, -0.15) is 0 Å². The molecule has 0 aliphatic heterocycles. The lowest BCUT2D eigenvalue weighted by molar-refractivity contribution is -0.00561. The zero-order valence-electron chi connectivity index (χ0n) is 12.8. The number of aromatic nitrogens is 1. The highest BCUT2D eigenvalue weighted by atomic mass is 16.3. The van der Waals surface area contributed by atoms with Crippen molar-refractivity contribution in [2.45, 2.75) is 39.3 Å². The van der Waals surface area contributed by atoms with E-state index in [1.54, 1.807) is 6.20 Å². The molecule has 0 saturated carbocycles. The molecule has 20 heavy (non-hydrogen) atoms. The van der Waals surface area contributed by atoms with Crippen LogP contribution in [-0.2, 0) is 0 Å². The Kier molecular flexibility index (Phi) is 4.41.